The van der Waals surface area contributed by atoms with E-state index >= 15 is 0 Å². The molecule has 23 heavy (non-hydrogen) atoms. The number of carbonyl (C=O) groups is 1. The Morgan fingerprint density at radius 1 is 1.17 bits per heavy atom. The highest BCUT2D eigenvalue weighted by atomic mass is 32.2. The van der Waals surface area contributed by atoms with Gasteiger partial charge in [-0.3, -0.25) is 4.79 Å². The van der Waals surface area contributed by atoms with Gasteiger partial charge in [-0.05, 0) is 24.3 Å². The first-order valence-electron chi connectivity index (χ1n) is 7.14. The van der Waals surface area contributed by atoms with Crippen molar-refractivity contribution in [3.8, 4) is 11.4 Å². The Kier molecular flexibility index (Phi) is 4.73. The monoisotopic (exact) mass is 324 g/mol. The molecule has 0 aliphatic heterocycles. The number of benzene rings is 2. The van der Waals surface area contributed by atoms with Crippen molar-refractivity contribution in [2.24, 2.45) is 7.05 Å². The van der Waals surface area contributed by atoms with Crippen molar-refractivity contribution in [2.45, 2.75) is 4.90 Å². The van der Waals surface area contributed by atoms with Crippen LogP contribution in [0.4, 0.5) is 5.69 Å². The minimum Gasteiger partial charge on any atom is -0.325 e. The predicted molar refractivity (Wildman–Crippen MR) is 92.2 cm³/mol. The summed E-state index contributed by atoms with van der Waals surface area (Å²) < 4.78 is 1.84. The molecule has 0 aliphatic rings. The molecular weight excluding hydrogens is 308 g/mol. The number of aromatic nitrogens is 3. The smallest absolute Gasteiger partial charge is 0.234 e. The van der Waals surface area contributed by atoms with Gasteiger partial charge in [-0.25, -0.2) is 0 Å². The molecule has 0 bridgehead atoms. The molecule has 0 saturated carbocycles. The number of carbonyl (C=O) groups excluding carboxylic acids is 1. The largest absolute Gasteiger partial charge is 0.325 e. The number of amides is 1. The molecule has 0 spiro atoms. The summed E-state index contributed by atoms with van der Waals surface area (Å²) >= 11 is 1.51. The summed E-state index contributed by atoms with van der Waals surface area (Å²) in [6.07, 6.45) is 1.65. The molecule has 0 fully saturated rings. The molecule has 116 valence electrons. The van der Waals surface area contributed by atoms with Crippen molar-refractivity contribution in [3.05, 3.63) is 60.9 Å². The van der Waals surface area contributed by atoms with Crippen LogP contribution in [-0.4, -0.2) is 26.4 Å². The zero-order valence-corrected chi connectivity index (χ0v) is 13.5. The molecule has 3 aromatic rings. The van der Waals surface area contributed by atoms with Crippen molar-refractivity contribution < 1.29 is 4.79 Å². The number of aryl methyl sites for hydroxylation is 1. The van der Waals surface area contributed by atoms with Crippen molar-refractivity contribution in [2.75, 3.05) is 11.1 Å². The molecule has 1 heterocycles. The van der Waals surface area contributed by atoms with E-state index in [9.17, 15) is 4.79 Å². The highest BCUT2D eigenvalue weighted by Crippen LogP contribution is 2.21. The zero-order valence-electron chi connectivity index (χ0n) is 12.6. The number of thioether (sulfide) groups is 1. The van der Waals surface area contributed by atoms with E-state index in [4.69, 9.17) is 0 Å². The van der Waals surface area contributed by atoms with Gasteiger partial charge in [0.25, 0.3) is 0 Å². The highest BCUT2D eigenvalue weighted by Gasteiger charge is 2.07. The van der Waals surface area contributed by atoms with Gasteiger partial charge >= 0.3 is 0 Å². The van der Waals surface area contributed by atoms with Crippen LogP contribution in [0.25, 0.3) is 11.4 Å². The van der Waals surface area contributed by atoms with E-state index in [2.05, 4.69) is 15.5 Å². The van der Waals surface area contributed by atoms with E-state index in [1.54, 1.807) is 6.33 Å². The molecule has 5 nitrogen and oxygen atoms in total. The Bertz CT molecular complexity index is 801. The van der Waals surface area contributed by atoms with Crippen LogP contribution < -0.4 is 5.32 Å². The lowest BCUT2D eigenvalue weighted by molar-refractivity contribution is -0.113. The molecule has 3 rings (SSSR count). The Hall–Kier alpha value is -2.60. The molecule has 0 radical (unpaired) electrons. The average Bonchev–Trinajstić information content (AvgIpc) is 3.00. The molecule has 0 aliphatic carbocycles. The van der Waals surface area contributed by atoms with Gasteiger partial charge in [0.15, 0.2) is 5.82 Å². The molecule has 0 atom stereocenters. The molecule has 1 amide bonds. The quantitative estimate of drug-likeness (QED) is 0.732. The molecule has 1 N–H and O–H groups in total. The number of anilines is 1. The number of nitrogens with zero attached hydrogens (tertiary/aromatic N) is 3. The summed E-state index contributed by atoms with van der Waals surface area (Å²) in [6.45, 7) is 0. The first-order valence-corrected chi connectivity index (χ1v) is 8.13. The van der Waals surface area contributed by atoms with E-state index in [0.717, 1.165) is 22.0 Å². The number of hydrogen-bond donors (Lipinski definition) is 1. The van der Waals surface area contributed by atoms with Crippen LogP contribution >= 0.6 is 11.8 Å². The van der Waals surface area contributed by atoms with Gasteiger partial charge in [-0.2, -0.15) is 0 Å². The van der Waals surface area contributed by atoms with Crippen molar-refractivity contribution in [1.82, 2.24) is 14.8 Å². The summed E-state index contributed by atoms with van der Waals surface area (Å²) in [5, 5.41) is 10.9. The second kappa shape index (κ2) is 7.11. The van der Waals surface area contributed by atoms with E-state index in [-0.39, 0.29) is 5.91 Å². The number of rotatable bonds is 5. The van der Waals surface area contributed by atoms with Crippen LogP contribution in [0.1, 0.15) is 0 Å². The van der Waals surface area contributed by atoms with Crippen LogP contribution in [0.3, 0.4) is 0 Å². The third kappa shape index (κ3) is 3.98. The van der Waals surface area contributed by atoms with Crippen LogP contribution in [0, 0.1) is 0 Å². The van der Waals surface area contributed by atoms with E-state index in [1.165, 1.54) is 11.8 Å². The van der Waals surface area contributed by atoms with Gasteiger partial charge in [-0.1, -0.05) is 30.3 Å². The fraction of sp³-hybridized carbons (Fsp3) is 0.118. The van der Waals surface area contributed by atoms with Crippen LogP contribution in [0.2, 0.25) is 0 Å². The SMILES string of the molecule is Cn1cnnc1-c1cccc(NC(=O)CSc2ccccc2)c1. The van der Waals surface area contributed by atoms with E-state index in [1.807, 2.05) is 66.2 Å². The molecule has 0 saturated heterocycles. The maximum atomic E-state index is 12.1. The summed E-state index contributed by atoms with van der Waals surface area (Å²) in [5.74, 6) is 1.10. The van der Waals surface area contributed by atoms with Crippen LogP contribution in [0.5, 0.6) is 0 Å². The molecule has 2 aromatic carbocycles. The third-order valence-corrected chi connectivity index (χ3v) is 4.24. The topological polar surface area (TPSA) is 59.8 Å². The highest BCUT2D eigenvalue weighted by molar-refractivity contribution is 8.00. The van der Waals surface area contributed by atoms with Crippen molar-refractivity contribution >= 4 is 23.4 Å². The first kappa shape index (κ1) is 15.3. The van der Waals surface area contributed by atoms with Gasteiger partial charge in [0.05, 0.1) is 5.75 Å². The Labute approximate surface area is 138 Å². The van der Waals surface area contributed by atoms with Gasteiger partial charge < -0.3 is 9.88 Å². The molecule has 1 aromatic heterocycles. The normalized spacial score (nSPS) is 10.5. The summed E-state index contributed by atoms with van der Waals surface area (Å²) in [6, 6.07) is 17.5. The van der Waals surface area contributed by atoms with Crippen LogP contribution in [-0.2, 0) is 11.8 Å². The predicted octanol–water partition coefficient (Wildman–Crippen LogP) is 3.21. The molecular formula is C17H16N4OS. The zero-order chi connectivity index (χ0) is 16.1. The summed E-state index contributed by atoms with van der Waals surface area (Å²) in [7, 11) is 1.89. The maximum absolute atomic E-state index is 12.1. The maximum Gasteiger partial charge on any atom is 0.234 e. The third-order valence-electron chi connectivity index (χ3n) is 3.23. The summed E-state index contributed by atoms with van der Waals surface area (Å²) in [4.78, 5) is 13.2. The standard InChI is InChI=1S/C17H16N4OS/c1-21-12-18-20-17(21)13-6-5-7-14(10-13)19-16(22)11-23-15-8-3-2-4-9-15/h2-10,12H,11H2,1H3,(H,19,22). The van der Waals surface area contributed by atoms with Crippen molar-refractivity contribution in [1.29, 1.82) is 0 Å². The fourth-order valence-electron chi connectivity index (χ4n) is 2.14. The second-order valence-electron chi connectivity index (χ2n) is 5.00. The van der Waals surface area contributed by atoms with Gasteiger partial charge in [0.2, 0.25) is 5.91 Å². The lowest BCUT2D eigenvalue weighted by atomic mass is 10.2. The molecule has 6 heteroatoms. The minimum absolute atomic E-state index is 0.0334. The fourth-order valence-corrected chi connectivity index (χ4v) is 2.86. The minimum atomic E-state index is -0.0334. The van der Waals surface area contributed by atoms with Crippen LogP contribution in [0.15, 0.2) is 65.8 Å². The second-order valence-corrected chi connectivity index (χ2v) is 6.04. The van der Waals surface area contributed by atoms with Gasteiger partial charge in [0, 0.05) is 23.2 Å². The van der Waals surface area contributed by atoms with Gasteiger partial charge in [-0.15, -0.1) is 22.0 Å². The number of nitrogens with one attached hydrogen (secondary N) is 1. The number of hydrogen-bond acceptors (Lipinski definition) is 4. The Balaban J connectivity index is 1.64. The lowest BCUT2D eigenvalue weighted by Gasteiger charge is -2.07. The summed E-state index contributed by atoms with van der Waals surface area (Å²) in [5.41, 5.74) is 1.67. The molecule has 0 unspecified atom stereocenters. The van der Waals surface area contributed by atoms with E-state index < -0.39 is 0 Å². The first-order chi connectivity index (χ1) is 11.2. The van der Waals surface area contributed by atoms with Gasteiger partial charge in [0.1, 0.15) is 6.33 Å². The Morgan fingerprint density at radius 2 is 2.00 bits per heavy atom. The van der Waals surface area contributed by atoms with Crippen molar-refractivity contribution in [3.63, 3.8) is 0 Å². The Morgan fingerprint density at radius 3 is 2.74 bits per heavy atom. The van der Waals surface area contributed by atoms with E-state index in [0.29, 0.717) is 5.75 Å². The average molecular weight is 324 g/mol. The lowest BCUT2D eigenvalue weighted by Crippen LogP contribution is -2.14.